The summed E-state index contributed by atoms with van der Waals surface area (Å²) in [5.74, 6) is -0.917. The fourth-order valence-corrected chi connectivity index (χ4v) is 9.85. The van der Waals surface area contributed by atoms with E-state index in [9.17, 15) is 45.7 Å². The Balaban J connectivity index is 0.000000246. The van der Waals surface area contributed by atoms with Crippen LogP contribution >= 0.6 is 23.2 Å². The van der Waals surface area contributed by atoms with Crippen LogP contribution in [-0.2, 0) is 33.1 Å². The van der Waals surface area contributed by atoms with E-state index in [0.717, 1.165) is 12.1 Å². The van der Waals surface area contributed by atoms with Gasteiger partial charge < -0.3 is 34.9 Å². The van der Waals surface area contributed by atoms with Crippen molar-refractivity contribution < 1.29 is 55.2 Å². The fraction of sp³-hybridized carbons (Fsp3) is 0.148. The number of aromatic hydroxyl groups is 1. The second-order valence-corrected chi connectivity index (χ2v) is 19.9. The predicted molar refractivity (Wildman–Crippen MR) is 294 cm³/mol. The Kier molecular flexibility index (Phi) is 20.2. The molecule has 392 valence electrons. The zero-order valence-corrected chi connectivity index (χ0v) is 46.9. The minimum Gasteiger partial charge on any atom is -0.870 e. The molecule has 18 nitrogen and oxygen atoms in total. The van der Waals surface area contributed by atoms with Gasteiger partial charge in [-0.15, -0.1) is 15.3 Å². The molecule has 0 aromatic heterocycles. The zero-order chi connectivity index (χ0) is 54.9. The molecular weight excluding hydrogens is 1100 g/mol. The molecular formula is C54H46CaCl2N6O12S2. The molecule has 0 atom stereocenters. The summed E-state index contributed by atoms with van der Waals surface area (Å²) in [5.41, 5.74) is 1.48. The number of benzene rings is 8. The minimum atomic E-state index is -4.74. The Hall–Kier alpha value is -6.72. The number of hydrogen-bond acceptors (Lipinski definition) is 15. The van der Waals surface area contributed by atoms with E-state index < -0.39 is 48.4 Å². The van der Waals surface area contributed by atoms with Crippen LogP contribution in [0.3, 0.4) is 0 Å². The van der Waals surface area contributed by atoms with Crippen molar-refractivity contribution in [3.8, 4) is 23.0 Å². The summed E-state index contributed by atoms with van der Waals surface area (Å²) in [7, 11) is -9.22. The van der Waals surface area contributed by atoms with Crippen molar-refractivity contribution in [2.45, 2.75) is 50.3 Å². The van der Waals surface area contributed by atoms with Crippen LogP contribution < -0.4 is 25.2 Å². The first-order valence-electron chi connectivity index (χ1n) is 23.2. The largest absolute Gasteiger partial charge is 2.00 e. The predicted octanol–water partition coefficient (Wildman–Crippen LogP) is 12.8. The van der Waals surface area contributed by atoms with Crippen LogP contribution in [0.2, 0.25) is 10.0 Å². The number of hydrogen-bond donors (Lipinski definition) is 4. The van der Waals surface area contributed by atoms with Crippen molar-refractivity contribution >= 4 is 149 Å². The molecule has 0 saturated carbocycles. The Morgan fingerprint density at radius 2 is 1.00 bits per heavy atom. The quantitative estimate of drug-likeness (QED) is 0.0399. The summed E-state index contributed by atoms with van der Waals surface area (Å²) in [5, 5.41) is 48.5. The number of ether oxygens (including phenoxy) is 2. The topological polar surface area (TPSA) is 281 Å². The van der Waals surface area contributed by atoms with E-state index in [4.69, 9.17) is 32.7 Å². The van der Waals surface area contributed by atoms with Gasteiger partial charge in [-0.05, 0) is 134 Å². The van der Waals surface area contributed by atoms with E-state index in [0.29, 0.717) is 63.2 Å². The van der Waals surface area contributed by atoms with E-state index in [1.165, 1.54) is 18.2 Å². The van der Waals surface area contributed by atoms with E-state index in [1.54, 1.807) is 117 Å². The monoisotopic (exact) mass is 1140 g/mol. The number of phenols is 1. The van der Waals surface area contributed by atoms with Gasteiger partial charge in [0.05, 0.1) is 44.3 Å². The average molecular weight is 1150 g/mol. The summed E-state index contributed by atoms with van der Waals surface area (Å²) in [6.07, 6.45) is 0.512. The third-order valence-electron chi connectivity index (χ3n) is 11.4. The average Bonchev–Trinajstić information content (AvgIpc) is 3.39. The van der Waals surface area contributed by atoms with Crippen LogP contribution in [0.4, 0.5) is 34.1 Å². The number of nitrogens with zero attached hydrogens (tertiary/aromatic N) is 4. The Bertz CT molecular complexity index is 3560. The van der Waals surface area contributed by atoms with Crippen LogP contribution in [0, 0.1) is 0 Å². The molecule has 0 saturated heterocycles. The summed E-state index contributed by atoms with van der Waals surface area (Å²) in [6, 6.07) is 35.4. The molecule has 77 heavy (non-hydrogen) atoms. The van der Waals surface area contributed by atoms with Crippen molar-refractivity contribution in [3.05, 3.63) is 166 Å². The van der Waals surface area contributed by atoms with Crippen LogP contribution in [0.25, 0.3) is 21.5 Å². The van der Waals surface area contributed by atoms with Gasteiger partial charge in [-0.3, -0.25) is 14.1 Å². The molecule has 0 spiro atoms. The number of nitrogens with one attached hydrogen (secondary N) is 2. The number of rotatable bonds is 16. The number of aryl methyl sites for hydroxylation is 2. The first kappa shape index (κ1) is 59.5. The summed E-state index contributed by atoms with van der Waals surface area (Å²) < 4.78 is 78.4. The van der Waals surface area contributed by atoms with Gasteiger partial charge in [0.2, 0.25) is 0 Å². The minimum absolute atomic E-state index is 0. The number of phenolic OH excluding ortho intramolecular Hbond substituents is 1. The smallest absolute Gasteiger partial charge is 0.870 e. The van der Waals surface area contributed by atoms with Gasteiger partial charge in [0.15, 0.2) is 5.75 Å². The second kappa shape index (κ2) is 26.1. The molecule has 0 heterocycles. The maximum absolute atomic E-state index is 13.4. The number of azo groups is 2. The molecule has 8 aromatic rings. The fourth-order valence-electron chi connectivity index (χ4n) is 7.73. The van der Waals surface area contributed by atoms with Crippen molar-refractivity contribution in [1.29, 1.82) is 0 Å². The molecule has 0 radical (unpaired) electrons. The summed E-state index contributed by atoms with van der Waals surface area (Å²) in [4.78, 5) is 25.4. The molecule has 0 bridgehead atoms. The molecule has 4 N–H and O–H groups in total. The Morgan fingerprint density at radius 3 is 1.45 bits per heavy atom. The number of fused-ring (bicyclic) bond motifs is 2. The van der Waals surface area contributed by atoms with E-state index in [1.807, 2.05) is 13.8 Å². The number of amides is 2. The van der Waals surface area contributed by atoms with Gasteiger partial charge in [0.1, 0.15) is 38.7 Å². The van der Waals surface area contributed by atoms with Crippen molar-refractivity contribution in [1.82, 2.24) is 0 Å². The first-order chi connectivity index (χ1) is 36.2. The van der Waals surface area contributed by atoms with E-state index >= 15 is 0 Å². The van der Waals surface area contributed by atoms with Gasteiger partial charge in [0, 0.05) is 27.7 Å². The molecule has 0 aliphatic carbocycles. The van der Waals surface area contributed by atoms with Crippen LogP contribution in [0.1, 0.15) is 59.5 Å². The second-order valence-electron chi connectivity index (χ2n) is 16.3. The molecule has 0 unspecified atom stereocenters. The zero-order valence-electron chi connectivity index (χ0n) is 41.6. The Labute approximate surface area is 483 Å². The summed E-state index contributed by atoms with van der Waals surface area (Å²) >= 11 is 12.4. The number of halogens is 2. The Morgan fingerprint density at radius 1 is 0.584 bits per heavy atom. The maximum Gasteiger partial charge on any atom is 2.00 e. The summed E-state index contributed by atoms with van der Waals surface area (Å²) in [6.45, 7) is 8.15. The van der Waals surface area contributed by atoms with Gasteiger partial charge in [-0.2, -0.15) is 13.5 Å². The van der Waals surface area contributed by atoms with Gasteiger partial charge in [-0.25, -0.2) is 8.42 Å². The van der Waals surface area contributed by atoms with Gasteiger partial charge in [0.25, 0.3) is 21.9 Å². The maximum atomic E-state index is 13.4. The van der Waals surface area contributed by atoms with Crippen molar-refractivity contribution in [3.63, 3.8) is 0 Å². The van der Waals surface area contributed by atoms with Gasteiger partial charge in [-0.1, -0.05) is 91.3 Å². The number of carbonyl (C=O) groups is 2. The van der Waals surface area contributed by atoms with E-state index in [-0.39, 0.29) is 105 Å². The van der Waals surface area contributed by atoms with Crippen LogP contribution in [-0.4, -0.2) is 93.8 Å². The number of carbonyl (C=O) groups excluding carboxylic acids is 2. The first-order valence-corrected chi connectivity index (χ1v) is 26.8. The van der Waals surface area contributed by atoms with Crippen LogP contribution in [0.5, 0.6) is 23.0 Å². The van der Waals surface area contributed by atoms with Gasteiger partial charge >= 0.3 is 37.7 Å². The molecule has 0 aliphatic heterocycles. The molecule has 8 aromatic carbocycles. The van der Waals surface area contributed by atoms with Crippen molar-refractivity contribution in [2.24, 2.45) is 20.5 Å². The normalized spacial score (nSPS) is 11.5. The third-order valence-corrected chi connectivity index (χ3v) is 13.9. The van der Waals surface area contributed by atoms with Crippen LogP contribution in [0.15, 0.2) is 164 Å². The molecule has 0 fully saturated rings. The van der Waals surface area contributed by atoms with Crippen molar-refractivity contribution in [2.75, 3.05) is 23.8 Å². The SMILES string of the molecule is CCOc1ccc(NC(=O)c2cc3ccccc3c(N=Nc3cc(CC)c(S(=O)(=O)O)cc3Cl)c2O)cc1.CCOc1ccc(NC(=O)c2cc3ccccc3c(N=Nc3cc(CC)c(S(=O)(=O)[O-])cc3Cl)c2[O-])cc1.[Ca+2]. The molecule has 8 rings (SSSR count). The molecule has 23 heteroatoms. The molecule has 2 amide bonds. The number of anilines is 2. The third kappa shape index (κ3) is 14.5. The standard InChI is InChI=1S/2C27H24ClN3O6S.Ca/c2*1-3-16-14-23(22(28)15-24(16)38(34,35)36)30-31-25-20-8-6-5-7-17(20)13-21(26(25)32)27(33)29-18-9-11-19(12-10-18)37-4-2;/h2*5-15,32H,3-4H2,1-2H3,(H,29,33)(H,34,35,36);/q;;+2/p-2. The van der Waals surface area contributed by atoms with E-state index in [2.05, 4.69) is 31.1 Å². The molecule has 0 aliphatic rings.